The Labute approximate surface area is 227 Å². The molecule has 4 rings (SSSR count). The molecular weight excluding hydrogens is 530 g/mol. The highest BCUT2D eigenvalue weighted by atomic mass is 79.9. The number of hydrogen-bond donors (Lipinski definition) is 1. The molecule has 1 aliphatic carbocycles. The monoisotopic (exact) mass is 563 g/mol. The molecule has 0 bridgehead atoms. The van der Waals surface area contributed by atoms with Crippen LogP contribution in [0.1, 0.15) is 69.1 Å². The number of ether oxygens (including phenoxy) is 2. The van der Waals surface area contributed by atoms with Crippen molar-refractivity contribution in [3.05, 3.63) is 68.8 Å². The average Bonchev–Trinajstić information content (AvgIpc) is 2.87. The molecule has 2 aromatic rings. The zero-order valence-corrected chi connectivity index (χ0v) is 23.3. The summed E-state index contributed by atoms with van der Waals surface area (Å²) < 4.78 is 12.9. The first kappa shape index (κ1) is 27.1. The van der Waals surface area contributed by atoms with E-state index in [2.05, 4.69) is 28.9 Å². The van der Waals surface area contributed by atoms with E-state index in [1.54, 1.807) is 0 Å². The Morgan fingerprint density at radius 3 is 2.65 bits per heavy atom. The maximum Gasteiger partial charge on any atom is 0.175 e. The fourth-order valence-corrected chi connectivity index (χ4v) is 6.02. The van der Waals surface area contributed by atoms with Gasteiger partial charge in [-0.3, -0.25) is 9.79 Å². The molecule has 37 heavy (non-hydrogen) atoms. The maximum absolute atomic E-state index is 13.4. The number of carbonyl (C=O) groups is 1. The molecule has 0 radical (unpaired) electrons. The lowest BCUT2D eigenvalue weighted by molar-refractivity contribution is -0.117. The number of benzene rings is 2. The first-order valence-electron chi connectivity index (χ1n) is 13.0. The van der Waals surface area contributed by atoms with Crippen molar-refractivity contribution in [2.24, 2.45) is 22.6 Å². The molecule has 2 N–H and O–H groups in total. The summed E-state index contributed by atoms with van der Waals surface area (Å²) >= 11 is 3.69. The summed E-state index contributed by atoms with van der Waals surface area (Å²) in [5.74, 6) is 0.677. The van der Waals surface area contributed by atoms with Gasteiger partial charge in [-0.25, -0.2) is 0 Å². The van der Waals surface area contributed by atoms with Crippen molar-refractivity contribution in [2.45, 2.75) is 65.5 Å². The van der Waals surface area contributed by atoms with Crippen molar-refractivity contribution < 1.29 is 14.3 Å². The van der Waals surface area contributed by atoms with Crippen molar-refractivity contribution >= 4 is 27.4 Å². The van der Waals surface area contributed by atoms with Crippen LogP contribution in [0.4, 0.5) is 0 Å². The van der Waals surface area contributed by atoms with Crippen LogP contribution in [0.15, 0.2) is 57.1 Å². The number of ketones is 1. The van der Waals surface area contributed by atoms with Gasteiger partial charge >= 0.3 is 0 Å². The number of Topliss-reactive ketones (excluding diaryl/α,β-unsaturated/α-hetero) is 1. The Morgan fingerprint density at radius 2 is 1.95 bits per heavy atom. The van der Waals surface area contributed by atoms with Gasteiger partial charge in [0, 0.05) is 35.9 Å². The average molecular weight is 565 g/mol. The maximum atomic E-state index is 13.4. The Balaban J connectivity index is 1.72. The van der Waals surface area contributed by atoms with Crippen LogP contribution in [0.25, 0.3) is 0 Å². The molecule has 6 nitrogen and oxygen atoms in total. The van der Waals surface area contributed by atoms with E-state index in [4.69, 9.17) is 20.2 Å². The van der Waals surface area contributed by atoms with E-state index in [1.807, 2.05) is 50.2 Å². The Morgan fingerprint density at radius 1 is 1.16 bits per heavy atom. The van der Waals surface area contributed by atoms with Gasteiger partial charge in [-0.2, -0.15) is 5.26 Å². The lowest BCUT2D eigenvalue weighted by Crippen LogP contribution is -2.32. The van der Waals surface area contributed by atoms with Crippen LogP contribution in [0.5, 0.6) is 11.5 Å². The van der Waals surface area contributed by atoms with E-state index >= 15 is 0 Å². The van der Waals surface area contributed by atoms with Gasteiger partial charge in [0.2, 0.25) is 0 Å². The van der Waals surface area contributed by atoms with Crippen molar-refractivity contribution in [1.29, 1.82) is 5.26 Å². The van der Waals surface area contributed by atoms with Gasteiger partial charge in [0.15, 0.2) is 17.3 Å². The molecule has 2 aliphatic rings. The quantitative estimate of drug-likeness (QED) is 0.369. The lowest BCUT2D eigenvalue weighted by atomic mass is 9.70. The molecule has 0 aromatic heterocycles. The first-order chi connectivity index (χ1) is 17.9. The predicted octanol–water partition coefficient (Wildman–Crippen LogP) is 6.62. The fourth-order valence-electron chi connectivity index (χ4n) is 5.45. The van der Waals surface area contributed by atoms with Gasteiger partial charge in [0.25, 0.3) is 0 Å². The van der Waals surface area contributed by atoms with Crippen LogP contribution >= 0.6 is 15.9 Å². The van der Waals surface area contributed by atoms with Gasteiger partial charge in [-0.1, -0.05) is 37.6 Å². The summed E-state index contributed by atoms with van der Waals surface area (Å²) in [5.41, 5.74) is 11.0. The Kier molecular flexibility index (Phi) is 8.83. The number of hydrogen-bond acceptors (Lipinski definition) is 6. The molecule has 2 aromatic carbocycles. The highest BCUT2D eigenvalue weighted by Crippen LogP contribution is 2.48. The van der Waals surface area contributed by atoms with Crippen LogP contribution in [-0.2, 0) is 17.9 Å². The second kappa shape index (κ2) is 12.1. The Hall–Kier alpha value is -2.95. The third-order valence-corrected chi connectivity index (χ3v) is 7.70. The molecule has 1 heterocycles. The highest BCUT2D eigenvalue weighted by Gasteiger charge is 2.41. The molecule has 7 heteroatoms. The molecule has 194 valence electrons. The van der Waals surface area contributed by atoms with Crippen molar-refractivity contribution in [3.8, 4) is 17.6 Å². The molecule has 1 aliphatic heterocycles. The van der Waals surface area contributed by atoms with Gasteiger partial charge < -0.3 is 15.2 Å². The molecule has 0 saturated carbocycles. The highest BCUT2D eigenvalue weighted by molar-refractivity contribution is 9.10. The van der Waals surface area contributed by atoms with E-state index in [9.17, 15) is 10.1 Å². The number of nitriles is 1. The topological polar surface area (TPSA) is 97.7 Å². The van der Waals surface area contributed by atoms with Gasteiger partial charge in [0.05, 0.1) is 23.1 Å². The summed E-state index contributed by atoms with van der Waals surface area (Å²) in [5, 5.41) is 10.1. The minimum Gasteiger partial charge on any atom is -0.490 e. The molecular formula is C30H34BrN3O3. The minimum atomic E-state index is -0.516. The van der Waals surface area contributed by atoms with E-state index in [1.165, 1.54) is 0 Å². The SMILES string of the molecule is CCCC1CC(=O)C2=C(C1)N=C(C)C(C#N)C2c1cc(Br)c(OCc2cccc(CN)c2)c(OCC)c1. The van der Waals surface area contributed by atoms with Crippen LogP contribution in [0, 0.1) is 23.2 Å². The minimum absolute atomic E-state index is 0.107. The summed E-state index contributed by atoms with van der Waals surface area (Å²) in [6.45, 7) is 7.23. The number of halogens is 1. The van der Waals surface area contributed by atoms with Crippen LogP contribution in [-0.4, -0.2) is 18.1 Å². The number of allylic oxidation sites excluding steroid dienone is 2. The summed E-state index contributed by atoms with van der Waals surface area (Å²) in [6, 6.07) is 14.3. The summed E-state index contributed by atoms with van der Waals surface area (Å²) in [4.78, 5) is 18.2. The van der Waals surface area contributed by atoms with E-state index < -0.39 is 11.8 Å². The van der Waals surface area contributed by atoms with Crippen molar-refractivity contribution in [2.75, 3.05) is 6.61 Å². The van der Waals surface area contributed by atoms with Crippen molar-refractivity contribution in [1.82, 2.24) is 0 Å². The standard InChI is InChI=1S/C30H34BrN3O3/c1-4-7-19-11-25-29(26(35)12-19)28(23(16-33)18(3)34-25)22-13-24(31)30(27(14-22)36-5-2)37-17-21-9-6-8-20(10-21)15-32/h6,8-10,13-14,19,23,28H,4-5,7,11-12,15,17,32H2,1-3H3. The van der Waals surface area contributed by atoms with Gasteiger partial charge in [-0.05, 0) is 77.4 Å². The molecule has 3 atom stereocenters. The summed E-state index contributed by atoms with van der Waals surface area (Å²) in [6.07, 6.45) is 3.34. The smallest absolute Gasteiger partial charge is 0.175 e. The Bertz CT molecular complexity index is 1280. The zero-order chi connectivity index (χ0) is 26.5. The van der Waals surface area contributed by atoms with E-state index in [0.717, 1.165) is 51.8 Å². The van der Waals surface area contributed by atoms with Gasteiger partial charge in [0.1, 0.15) is 6.61 Å². The summed E-state index contributed by atoms with van der Waals surface area (Å²) in [7, 11) is 0. The number of nitrogens with two attached hydrogens (primary N) is 1. The van der Waals surface area contributed by atoms with Gasteiger partial charge in [-0.15, -0.1) is 0 Å². The van der Waals surface area contributed by atoms with Crippen molar-refractivity contribution in [3.63, 3.8) is 0 Å². The van der Waals surface area contributed by atoms with Crippen LogP contribution < -0.4 is 15.2 Å². The molecule has 0 amide bonds. The molecule has 0 saturated heterocycles. The fraction of sp³-hybridized carbons (Fsp3) is 0.433. The molecule has 0 spiro atoms. The third kappa shape index (κ3) is 5.81. The lowest BCUT2D eigenvalue weighted by Gasteiger charge is -2.35. The largest absolute Gasteiger partial charge is 0.490 e. The number of nitrogens with zero attached hydrogens (tertiary/aromatic N) is 2. The normalized spacial score (nSPS) is 21.2. The molecule has 0 fully saturated rings. The number of aliphatic imine (C=N–C) groups is 1. The van der Waals surface area contributed by atoms with Crippen LogP contribution in [0.3, 0.4) is 0 Å². The predicted molar refractivity (Wildman–Crippen MR) is 149 cm³/mol. The zero-order valence-electron chi connectivity index (χ0n) is 21.7. The number of rotatable bonds is 9. The first-order valence-corrected chi connectivity index (χ1v) is 13.8. The second-order valence-electron chi connectivity index (χ2n) is 9.76. The second-order valence-corrected chi connectivity index (χ2v) is 10.6. The number of carbonyl (C=O) groups excluding carboxylic acids is 1. The van der Waals surface area contributed by atoms with E-state index in [-0.39, 0.29) is 5.78 Å². The van der Waals surface area contributed by atoms with E-state index in [0.29, 0.717) is 49.2 Å². The molecule has 3 unspecified atom stereocenters. The third-order valence-electron chi connectivity index (χ3n) is 7.11. The van der Waals surface area contributed by atoms with Crippen LogP contribution in [0.2, 0.25) is 0 Å².